The van der Waals surface area contributed by atoms with Crippen LogP contribution in [0.15, 0.2) is 65.1 Å². The first-order valence-electron chi connectivity index (χ1n) is 6.89. The normalized spacial score (nSPS) is 11.3. The Labute approximate surface area is 138 Å². The summed E-state index contributed by atoms with van der Waals surface area (Å²) < 4.78 is 18.7. The first kappa shape index (κ1) is 15.1. The standard InChI is InChI=1S/C19H11ClFNO/c20-16-3-1-2-14(10-16)15(12-22)11-18-8-9-19(23-18)13-4-6-17(21)7-5-13/h1-11H/b15-11+. The Morgan fingerprint density at radius 2 is 1.87 bits per heavy atom. The van der Waals surface area contributed by atoms with Crippen LogP contribution in [-0.2, 0) is 0 Å². The van der Waals surface area contributed by atoms with E-state index in [1.165, 1.54) is 12.1 Å². The Balaban J connectivity index is 1.93. The zero-order valence-electron chi connectivity index (χ0n) is 12.0. The van der Waals surface area contributed by atoms with E-state index in [-0.39, 0.29) is 5.82 Å². The van der Waals surface area contributed by atoms with Gasteiger partial charge in [-0.15, -0.1) is 0 Å². The van der Waals surface area contributed by atoms with E-state index in [4.69, 9.17) is 16.0 Å². The second-order valence-corrected chi connectivity index (χ2v) is 5.33. The summed E-state index contributed by atoms with van der Waals surface area (Å²) in [5, 5.41) is 9.91. The summed E-state index contributed by atoms with van der Waals surface area (Å²) in [4.78, 5) is 0. The molecule has 0 aliphatic heterocycles. The highest BCUT2D eigenvalue weighted by atomic mass is 35.5. The monoisotopic (exact) mass is 323 g/mol. The van der Waals surface area contributed by atoms with E-state index in [2.05, 4.69) is 6.07 Å². The smallest absolute Gasteiger partial charge is 0.134 e. The fourth-order valence-corrected chi connectivity index (χ4v) is 2.37. The first-order valence-corrected chi connectivity index (χ1v) is 7.27. The fraction of sp³-hybridized carbons (Fsp3) is 0. The number of rotatable bonds is 3. The molecule has 0 bridgehead atoms. The van der Waals surface area contributed by atoms with Gasteiger partial charge in [-0.2, -0.15) is 5.26 Å². The first-order chi connectivity index (χ1) is 11.2. The number of allylic oxidation sites excluding steroid dienone is 1. The SMILES string of the molecule is N#C/C(=C\c1ccc(-c2ccc(F)cc2)o1)c1cccc(Cl)c1. The van der Waals surface area contributed by atoms with Crippen LogP contribution in [0.25, 0.3) is 23.0 Å². The average Bonchev–Trinajstić information content (AvgIpc) is 3.02. The Hall–Kier alpha value is -2.83. The Morgan fingerprint density at radius 3 is 2.57 bits per heavy atom. The van der Waals surface area contributed by atoms with Crippen LogP contribution < -0.4 is 0 Å². The third-order valence-electron chi connectivity index (χ3n) is 3.30. The Morgan fingerprint density at radius 1 is 1.09 bits per heavy atom. The number of hydrogen-bond donors (Lipinski definition) is 0. The molecule has 0 unspecified atom stereocenters. The highest BCUT2D eigenvalue weighted by Crippen LogP contribution is 2.26. The second kappa shape index (κ2) is 6.51. The molecule has 1 aromatic heterocycles. The summed E-state index contributed by atoms with van der Waals surface area (Å²) in [6, 6.07) is 18.8. The van der Waals surface area contributed by atoms with E-state index in [1.54, 1.807) is 48.5 Å². The van der Waals surface area contributed by atoms with Gasteiger partial charge < -0.3 is 4.42 Å². The van der Waals surface area contributed by atoms with Crippen molar-refractivity contribution in [1.29, 1.82) is 5.26 Å². The topological polar surface area (TPSA) is 36.9 Å². The second-order valence-electron chi connectivity index (χ2n) is 4.89. The van der Waals surface area contributed by atoms with Crippen LogP contribution in [0.3, 0.4) is 0 Å². The molecule has 0 aliphatic carbocycles. The van der Waals surface area contributed by atoms with Crippen LogP contribution in [0, 0.1) is 17.1 Å². The van der Waals surface area contributed by atoms with Gasteiger partial charge in [0.15, 0.2) is 0 Å². The third-order valence-corrected chi connectivity index (χ3v) is 3.53. The van der Waals surface area contributed by atoms with Crippen molar-refractivity contribution in [2.75, 3.05) is 0 Å². The maximum absolute atomic E-state index is 13.0. The number of nitriles is 1. The van der Waals surface area contributed by atoms with E-state index >= 15 is 0 Å². The lowest BCUT2D eigenvalue weighted by Gasteiger charge is -1.99. The maximum atomic E-state index is 13.0. The summed E-state index contributed by atoms with van der Waals surface area (Å²) in [5.74, 6) is 0.855. The quantitative estimate of drug-likeness (QED) is 0.571. The van der Waals surface area contributed by atoms with Crippen molar-refractivity contribution in [2.24, 2.45) is 0 Å². The van der Waals surface area contributed by atoms with Crippen molar-refractivity contribution in [3.63, 3.8) is 0 Å². The summed E-state index contributed by atoms with van der Waals surface area (Å²) in [6.07, 6.45) is 1.65. The number of halogens is 2. The minimum atomic E-state index is -0.298. The highest BCUT2D eigenvalue weighted by molar-refractivity contribution is 6.30. The molecule has 3 rings (SSSR count). The van der Waals surface area contributed by atoms with Crippen molar-refractivity contribution in [1.82, 2.24) is 0 Å². The number of nitrogens with zero attached hydrogens (tertiary/aromatic N) is 1. The molecule has 0 aliphatic rings. The molecule has 0 spiro atoms. The maximum Gasteiger partial charge on any atom is 0.134 e. The van der Waals surface area contributed by atoms with Gasteiger partial charge in [-0.1, -0.05) is 23.7 Å². The van der Waals surface area contributed by atoms with Gasteiger partial charge in [0.25, 0.3) is 0 Å². The molecule has 0 saturated carbocycles. The summed E-state index contributed by atoms with van der Waals surface area (Å²) in [7, 11) is 0. The van der Waals surface area contributed by atoms with Crippen LogP contribution in [0.4, 0.5) is 4.39 Å². The molecule has 1 heterocycles. The van der Waals surface area contributed by atoms with Crippen LogP contribution >= 0.6 is 11.6 Å². The zero-order chi connectivity index (χ0) is 16.2. The average molecular weight is 324 g/mol. The molecular weight excluding hydrogens is 313 g/mol. The molecule has 0 atom stereocenters. The number of benzene rings is 2. The number of hydrogen-bond acceptors (Lipinski definition) is 2. The minimum Gasteiger partial charge on any atom is -0.457 e. The van der Waals surface area contributed by atoms with Gasteiger partial charge in [0.1, 0.15) is 17.3 Å². The van der Waals surface area contributed by atoms with Gasteiger partial charge in [-0.25, -0.2) is 4.39 Å². The van der Waals surface area contributed by atoms with Crippen molar-refractivity contribution >= 4 is 23.3 Å². The molecule has 0 radical (unpaired) electrons. The largest absolute Gasteiger partial charge is 0.457 e. The van der Waals surface area contributed by atoms with Crippen molar-refractivity contribution in [2.45, 2.75) is 0 Å². The number of furan rings is 1. The van der Waals surface area contributed by atoms with Gasteiger partial charge in [-0.3, -0.25) is 0 Å². The summed E-state index contributed by atoms with van der Waals surface area (Å²) >= 11 is 5.96. The highest BCUT2D eigenvalue weighted by Gasteiger charge is 2.06. The molecule has 3 aromatic rings. The molecular formula is C19H11ClFNO. The van der Waals surface area contributed by atoms with Gasteiger partial charge in [-0.05, 0) is 60.2 Å². The lowest BCUT2D eigenvalue weighted by Crippen LogP contribution is -1.81. The molecule has 0 N–H and O–H groups in total. The van der Waals surface area contributed by atoms with Crippen LogP contribution in [0.1, 0.15) is 11.3 Å². The lowest BCUT2D eigenvalue weighted by atomic mass is 10.1. The molecule has 2 nitrogen and oxygen atoms in total. The molecule has 2 aromatic carbocycles. The predicted octanol–water partition coefficient (Wildman–Crippen LogP) is 5.80. The lowest BCUT2D eigenvalue weighted by molar-refractivity contribution is 0.571. The van der Waals surface area contributed by atoms with Crippen molar-refractivity contribution in [3.05, 3.63) is 82.8 Å². The molecule has 0 saturated heterocycles. The molecule has 23 heavy (non-hydrogen) atoms. The summed E-state index contributed by atoms with van der Waals surface area (Å²) in [6.45, 7) is 0. The van der Waals surface area contributed by atoms with E-state index in [0.717, 1.165) is 11.1 Å². The van der Waals surface area contributed by atoms with Gasteiger partial charge >= 0.3 is 0 Å². The molecule has 4 heteroatoms. The van der Waals surface area contributed by atoms with Crippen LogP contribution in [0.2, 0.25) is 5.02 Å². The van der Waals surface area contributed by atoms with E-state index in [0.29, 0.717) is 22.1 Å². The molecule has 112 valence electrons. The van der Waals surface area contributed by atoms with E-state index in [9.17, 15) is 9.65 Å². The van der Waals surface area contributed by atoms with Crippen molar-refractivity contribution in [3.8, 4) is 17.4 Å². The van der Waals surface area contributed by atoms with E-state index in [1.807, 2.05) is 6.07 Å². The minimum absolute atomic E-state index is 0.298. The van der Waals surface area contributed by atoms with Gasteiger partial charge in [0, 0.05) is 10.6 Å². The van der Waals surface area contributed by atoms with E-state index < -0.39 is 0 Å². The van der Waals surface area contributed by atoms with Gasteiger partial charge in [0.2, 0.25) is 0 Å². The third kappa shape index (κ3) is 3.50. The molecule has 0 amide bonds. The Bertz CT molecular complexity index is 904. The van der Waals surface area contributed by atoms with Gasteiger partial charge in [0.05, 0.1) is 11.6 Å². The van der Waals surface area contributed by atoms with Crippen LogP contribution in [0.5, 0.6) is 0 Å². The summed E-state index contributed by atoms with van der Waals surface area (Å²) in [5.41, 5.74) is 1.94. The molecule has 0 fully saturated rings. The van der Waals surface area contributed by atoms with Crippen LogP contribution in [-0.4, -0.2) is 0 Å². The zero-order valence-corrected chi connectivity index (χ0v) is 12.7. The Kier molecular flexibility index (Phi) is 4.27. The fourth-order valence-electron chi connectivity index (χ4n) is 2.18. The predicted molar refractivity (Wildman–Crippen MR) is 89.0 cm³/mol. The van der Waals surface area contributed by atoms with Crippen molar-refractivity contribution < 1.29 is 8.81 Å².